The summed E-state index contributed by atoms with van der Waals surface area (Å²) in [6, 6.07) is 17.6. The van der Waals surface area contributed by atoms with Gasteiger partial charge in [0.2, 0.25) is 5.91 Å². The van der Waals surface area contributed by atoms with Crippen LogP contribution in [-0.4, -0.2) is 50.1 Å². The Morgan fingerprint density at radius 3 is 2.47 bits per heavy atom. The summed E-state index contributed by atoms with van der Waals surface area (Å²) < 4.78 is 1.54. The molecular formula is C22H25ClN6O. The molecule has 3 aromatic rings. The molecule has 0 aliphatic carbocycles. The molecule has 4 rings (SSSR count). The summed E-state index contributed by atoms with van der Waals surface area (Å²) >= 11 is 5.97. The fraction of sp³-hybridized carbons (Fsp3) is 0.364. The fourth-order valence-electron chi connectivity index (χ4n) is 3.84. The Balaban J connectivity index is 1.32. The molecule has 1 aromatic heterocycles. The Kier molecular flexibility index (Phi) is 6.71. The number of tetrazole rings is 1. The van der Waals surface area contributed by atoms with Crippen LogP contribution in [-0.2, 0) is 17.8 Å². The first-order valence-corrected chi connectivity index (χ1v) is 10.6. The number of hydrogen-bond donors (Lipinski definition) is 1. The van der Waals surface area contributed by atoms with Gasteiger partial charge in [-0.15, -0.1) is 5.10 Å². The van der Waals surface area contributed by atoms with Gasteiger partial charge < -0.3 is 5.32 Å². The van der Waals surface area contributed by atoms with Gasteiger partial charge >= 0.3 is 0 Å². The Bertz CT molecular complexity index is 924. The van der Waals surface area contributed by atoms with E-state index in [1.807, 2.05) is 42.5 Å². The summed E-state index contributed by atoms with van der Waals surface area (Å²) in [4.78, 5) is 15.5. The first-order chi connectivity index (χ1) is 14.7. The number of carbonyl (C=O) groups is 1. The molecule has 0 unspecified atom stereocenters. The average molecular weight is 425 g/mol. The number of nitrogens with zero attached hydrogens (tertiary/aromatic N) is 5. The van der Waals surface area contributed by atoms with Gasteiger partial charge in [-0.1, -0.05) is 54.1 Å². The molecule has 0 spiro atoms. The molecular weight excluding hydrogens is 400 g/mol. The monoisotopic (exact) mass is 424 g/mol. The van der Waals surface area contributed by atoms with Crippen molar-refractivity contribution in [3.05, 3.63) is 77.1 Å². The lowest BCUT2D eigenvalue weighted by atomic mass is 10.0. The van der Waals surface area contributed by atoms with Gasteiger partial charge in [0.15, 0.2) is 0 Å². The van der Waals surface area contributed by atoms with E-state index in [0.29, 0.717) is 6.42 Å². The largest absolute Gasteiger partial charge is 0.351 e. The van der Waals surface area contributed by atoms with Crippen molar-refractivity contribution in [2.75, 3.05) is 13.1 Å². The second-order valence-corrected chi connectivity index (χ2v) is 8.12. The number of hydrogen-bond acceptors (Lipinski definition) is 5. The lowest BCUT2D eigenvalue weighted by Crippen LogP contribution is -2.46. The van der Waals surface area contributed by atoms with E-state index >= 15 is 0 Å². The van der Waals surface area contributed by atoms with E-state index in [-0.39, 0.29) is 11.9 Å². The number of benzene rings is 2. The summed E-state index contributed by atoms with van der Waals surface area (Å²) in [5.74, 6) is -0.0395. The van der Waals surface area contributed by atoms with Crippen molar-refractivity contribution < 1.29 is 4.79 Å². The lowest BCUT2D eigenvalue weighted by molar-refractivity contribution is -0.125. The van der Waals surface area contributed by atoms with Gasteiger partial charge in [-0.2, -0.15) is 0 Å². The molecule has 2 heterocycles. The highest BCUT2D eigenvalue weighted by Crippen LogP contribution is 2.18. The number of aromatic nitrogens is 4. The maximum absolute atomic E-state index is 13.1. The van der Waals surface area contributed by atoms with Gasteiger partial charge in [-0.05, 0) is 46.5 Å². The molecule has 2 aromatic carbocycles. The van der Waals surface area contributed by atoms with Crippen molar-refractivity contribution in [2.24, 2.45) is 0 Å². The van der Waals surface area contributed by atoms with E-state index in [4.69, 9.17) is 11.6 Å². The van der Waals surface area contributed by atoms with Crippen molar-refractivity contribution in [3.8, 4) is 0 Å². The van der Waals surface area contributed by atoms with Gasteiger partial charge in [-0.3, -0.25) is 9.69 Å². The van der Waals surface area contributed by atoms with Crippen LogP contribution in [0.2, 0.25) is 5.02 Å². The second-order valence-electron chi connectivity index (χ2n) is 7.68. The fourth-order valence-corrected chi connectivity index (χ4v) is 3.96. The van der Waals surface area contributed by atoms with Crippen molar-refractivity contribution >= 4 is 17.5 Å². The maximum Gasteiger partial charge on any atom is 0.245 e. The number of piperidine rings is 1. The first-order valence-electron chi connectivity index (χ1n) is 10.2. The molecule has 0 bridgehead atoms. The highest BCUT2D eigenvalue weighted by Gasteiger charge is 2.27. The third-order valence-corrected chi connectivity index (χ3v) is 5.76. The van der Waals surface area contributed by atoms with Crippen LogP contribution in [0.1, 0.15) is 30.0 Å². The predicted molar refractivity (Wildman–Crippen MR) is 115 cm³/mol. The van der Waals surface area contributed by atoms with Crippen LogP contribution < -0.4 is 5.32 Å². The molecule has 0 radical (unpaired) electrons. The number of carbonyl (C=O) groups excluding carboxylic acids is 1. The lowest BCUT2D eigenvalue weighted by Gasteiger charge is -2.33. The van der Waals surface area contributed by atoms with Crippen LogP contribution in [0.5, 0.6) is 0 Å². The molecule has 7 nitrogen and oxygen atoms in total. The smallest absolute Gasteiger partial charge is 0.245 e. The summed E-state index contributed by atoms with van der Waals surface area (Å²) in [6.07, 6.45) is 3.90. The van der Waals surface area contributed by atoms with Crippen LogP contribution in [0.15, 0.2) is 60.9 Å². The molecule has 1 amide bonds. The number of nitrogens with one attached hydrogen (secondary N) is 1. The van der Waals surface area contributed by atoms with Crippen molar-refractivity contribution in [2.45, 2.75) is 37.9 Å². The van der Waals surface area contributed by atoms with Gasteiger partial charge in [0, 0.05) is 37.1 Å². The van der Waals surface area contributed by atoms with Gasteiger partial charge in [0.05, 0.1) is 0 Å². The van der Waals surface area contributed by atoms with E-state index in [1.165, 1.54) is 16.6 Å². The third-order valence-electron chi connectivity index (χ3n) is 5.51. The molecule has 1 aliphatic heterocycles. The number of rotatable bonds is 7. The predicted octanol–water partition coefficient (Wildman–Crippen LogP) is 2.89. The molecule has 8 heteroatoms. The molecule has 30 heavy (non-hydrogen) atoms. The number of halogens is 1. The Morgan fingerprint density at radius 1 is 1.07 bits per heavy atom. The molecule has 0 saturated carbocycles. The van der Waals surface area contributed by atoms with Crippen LogP contribution in [0.4, 0.5) is 0 Å². The third kappa shape index (κ3) is 5.43. The minimum absolute atomic E-state index is 0.0395. The average Bonchev–Trinajstić information content (AvgIpc) is 3.30. The highest BCUT2D eigenvalue weighted by atomic mass is 35.5. The molecule has 1 aliphatic rings. The Hall–Kier alpha value is -2.77. The second kappa shape index (κ2) is 9.82. The molecule has 1 fully saturated rings. The van der Waals surface area contributed by atoms with E-state index in [2.05, 4.69) is 37.9 Å². The SMILES string of the molecule is O=C(NC1CCN(Cc2ccc(Cl)cc2)CC1)[C@H](Cc1ccccc1)n1cnnn1. The standard InChI is InChI=1S/C22H25ClN6O/c23-19-8-6-18(7-9-19)15-28-12-10-20(11-13-28)25-22(30)21(29-16-24-26-27-29)14-17-4-2-1-3-5-17/h1-9,16,20-21H,10-15H2,(H,25,30)/t21-/m0/s1. The molecule has 156 valence electrons. The van der Waals surface area contributed by atoms with Gasteiger partial charge in [0.25, 0.3) is 0 Å². The van der Waals surface area contributed by atoms with Crippen LogP contribution in [0, 0.1) is 0 Å². The van der Waals surface area contributed by atoms with Crippen molar-refractivity contribution in [1.82, 2.24) is 30.4 Å². The Morgan fingerprint density at radius 2 is 1.80 bits per heavy atom. The minimum Gasteiger partial charge on any atom is -0.351 e. The summed E-state index contributed by atoms with van der Waals surface area (Å²) in [5.41, 5.74) is 2.33. The van der Waals surface area contributed by atoms with E-state index in [9.17, 15) is 4.79 Å². The zero-order valence-electron chi connectivity index (χ0n) is 16.7. The summed E-state index contributed by atoms with van der Waals surface area (Å²) in [5, 5.41) is 15.4. The zero-order chi connectivity index (χ0) is 20.8. The normalized spacial score (nSPS) is 16.3. The van der Waals surface area contributed by atoms with Crippen molar-refractivity contribution in [3.63, 3.8) is 0 Å². The minimum atomic E-state index is -0.463. The van der Waals surface area contributed by atoms with E-state index in [1.54, 1.807) is 0 Å². The molecule has 1 saturated heterocycles. The molecule has 1 N–H and O–H groups in total. The molecule has 1 atom stereocenters. The zero-order valence-corrected chi connectivity index (χ0v) is 17.4. The first kappa shape index (κ1) is 20.5. The summed E-state index contributed by atoms with van der Waals surface area (Å²) in [6.45, 7) is 2.79. The van der Waals surface area contributed by atoms with Crippen molar-refractivity contribution in [1.29, 1.82) is 0 Å². The number of amides is 1. The van der Waals surface area contributed by atoms with Crippen LogP contribution in [0.3, 0.4) is 0 Å². The van der Waals surface area contributed by atoms with Gasteiger partial charge in [-0.25, -0.2) is 4.68 Å². The summed E-state index contributed by atoms with van der Waals surface area (Å²) in [7, 11) is 0. The maximum atomic E-state index is 13.1. The van der Waals surface area contributed by atoms with Crippen LogP contribution in [0.25, 0.3) is 0 Å². The highest BCUT2D eigenvalue weighted by molar-refractivity contribution is 6.30. The van der Waals surface area contributed by atoms with E-state index in [0.717, 1.165) is 43.1 Å². The quantitative estimate of drug-likeness (QED) is 0.631. The Labute approximate surface area is 181 Å². The van der Waals surface area contributed by atoms with E-state index < -0.39 is 6.04 Å². The number of likely N-dealkylation sites (tertiary alicyclic amines) is 1. The van der Waals surface area contributed by atoms with Crippen LogP contribution >= 0.6 is 11.6 Å². The van der Waals surface area contributed by atoms with Gasteiger partial charge in [0.1, 0.15) is 12.4 Å². The topological polar surface area (TPSA) is 75.9 Å².